The molecule has 0 aliphatic carbocycles. The number of rotatable bonds is 12. The van der Waals surface area contributed by atoms with Crippen molar-refractivity contribution >= 4 is 33.6 Å². The van der Waals surface area contributed by atoms with Crippen LogP contribution in [-0.2, 0) is 44.3 Å². The van der Waals surface area contributed by atoms with Crippen molar-refractivity contribution < 1.29 is 27.9 Å². The average Bonchev–Trinajstić information content (AvgIpc) is 3.30. The number of nitrogens with zero attached hydrogens (tertiary/aromatic N) is 4. The number of hydrogen-bond donors (Lipinski definition) is 4. The summed E-state index contributed by atoms with van der Waals surface area (Å²) in [6.07, 6.45) is 7.22. The number of nitrogens with one attached hydrogen (secondary N) is 3. The Morgan fingerprint density at radius 1 is 1.24 bits per heavy atom. The normalized spacial score (nSPS) is 16.6. The number of aliphatic carboxylic acids is 1. The Bertz CT molecular complexity index is 1290. The van der Waals surface area contributed by atoms with E-state index in [0.29, 0.717) is 6.42 Å². The first-order valence-electron chi connectivity index (χ1n) is 12.6. The third-order valence-corrected chi connectivity index (χ3v) is 8.38. The molecule has 4 N–H and O–H groups in total. The van der Waals surface area contributed by atoms with Crippen LogP contribution >= 0.6 is 0 Å². The lowest BCUT2D eigenvalue weighted by molar-refractivity contribution is -0.143. The molecule has 1 atom stereocenters. The van der Waals surface area contributed by atoms with Gasteiger partial charge in [-0.3, -0.25) is 9.59 Å². The Hall–Kier alpha value is -3.52. The van der Waals surface area contributed by atoms with Gasteiger partial charge in [0.1, 0.15) is 11.9 Å². The van der Waals surface area contributed by atoms with Crippen molar-refractivity contribution in [1.82, 2.24) is 29.5 Å². The van der Waals surface area contributed by atoms with Crippen LogP contribution in [0.2, 0.25) is 0 Å². The van der Waals surface area contributed by atoms with Crippen molar-refractivity contribution in [2.45, 2.75) is 49.6 Å². The van der Waals surface area contributed by atoms with Crippen molar-refractivity contribution in [2.24, 2.45) is 13.0 Å². The number of pyridine rings is 1. The van der Waals surface area contributed by atoms with E-state index in [9.17, 15) is 27.9 Å². The van der Waals surface area contributed by atoms with Crippen molar-refractivity contribution in [3.05, 3.63) is 35.9 Å². The minimum atomic E-state index is -3.81. The third-order valence-electron chi connectivity index (χ3n) is 6.66. The van der Waals surface area contributed by atoms with Crippen LogP contribution in [-0.4, -0.2) is 82.4 Å². The van der Waals surface area contributed by atoms with Gasteiger partial charge in [0, 0.05) is 51.5 Å². The second kappa shape index (κ2) is 11.9. The monoisotopic (exact) mass is 547 g/mol. The second-order valence-electron chi connectivity index (χ2n) is 9.65. The van der Waals surface area contributed by atoms with E-state index in [0.717, 1.165) is 48.0 Å². The largest absolute Gasteiger partial charge is 0.480 e. The number of sulfonamides is 1. The van der Waals surface area contributed by atoms with E-state index >= 15 is 0 Å². The molecule has 2 aliphatic rings. The molecule has 0 radical (unpaired) electrons. The minimum Gasteiger partial charge on any atom is -0.480 e. The first-order valence-corrected chi connectivity index (χ1v) is 14.1. The fourth-order valence-electron chi connectivity index (χ4n) is 4.35. The predicted molar refractivity (Wildman–Crippen MR) is 137 cm³/mol. The van der Waals surface area contributed by atoms with E-state index in [1.807, 2.05) is 6.07 Å². The summed E-state index contributed by atoms with van der Waals surface area (Å²) in [5.74, 6) is -1.91. The summed E-state index contributed by atoms with van der Waals surface area (Å²) in [7, 11) is -2.16. The van der Waals surface area contributed by atoms with Crippen LogP contribution in [0, 0.1) is 5.92 Å². The SMILES string of the molecule is Cn1cnc(S(=O)(=O)N2CC(C(=O)NC(CNC(=O)CCCCc3ccc4c(n3)NCCC4)C(=O)O)C2)c1. The van der Waals surface area contributed by atoms with Gasteiger partial charge in [-0.05, 0) is 43.7 Å². The maximum atomic E-state index is 12.5. The molecule has 2 aliphatic heterocycles. The highest BCUT2D eigenvalue weighted by Crippen LogP contribution is 2.24. The third kappa shape index (κ3) is 6.67. The lowest BCUT2D eigenvalue weighted by atomic mass is 10.0. The summed E-state index contributed by atoms with van der Waals surface area (Å²) < 4.78 is 27.7. The summed E-state index contributed by atoms with van der Waals surface area (Å²) in [4.78, 5) is 44.8. The highest BCUT2D eigenvalue weighted by atomic mass is 32.2. The van der Waals surface area contributed by atoms with Crippen LogP contribution < -0.4 is 16.0 Å². The number of imidazole rings is 1. The Morgan fingerprint density at radius 2 is 2.03 bits per heavy atom. The number of aryl methyl sites for hydroxylation is 3. The maximum Gasteiger partial charge on any atom is 0.328 e. The van der Waals surface area contributed by atoms with Crippen molar-refractivity contribution in [3.63, 3.8) is 0 Å². The van der Waals surface area contributed by atoms with Crippen LogP contribution in [0.15, 0.2) is 29.7 Å². The number of hydrogen-bond acceptors (Lipinski definition) is 8. The van der Waals surface area contributed by atoms with E-state index in [-0.39, 0.29) is 37.0 Å². The summed E-state index contributed by atoms with van der Waals surface area (Å²) in [5, 5.41) is 17.6. The van der Waals surface area contributed by atoms with Gasteiger partial charge in [-0.15, -0.1) is 0 Å². The van der Waals surface area contributed by atoms with Gasteiger partial charge in [0.05, 0.1) is 12.2 Å². The summed E-state index contributed by atoms with van der Waals surface area (Å²) >= 11 is 0. The molecule has 38 heavy (non-hydrogen) atoms. The first-order chi connectivity index (χ1) is 18.1. The Morgan fingerprint density at radius 3 is 2.74 bits per heavy atom. The standard InChI is InChI=1S/C24H33N7O6S/c1-30-14-21(27-15-30)38(36,37)31-12-17(13-31)23(33)29-19(24(34)35)11-26-20(32)7-3-2-6-18-9-8-16-5-4-10-25-22(16)28-18/h8-9,14-15,17,19H,2-7,10-13H2,1H3,(H,25,28)(H,26,32)(H,29,33)(H,34,35). The number of carbonyl (C=O) groups excluding carboxylic acids is 2. The fourth-order valence-corrected chi connectivity index (χ4v) is 5.84. The van der Waals surface area contributed by atoms with Crippen molar-refractivity contribution in [2.75, 3.05) is 31.5 Å². The molecule has 14 heteroatoms. The van der Waals surface area contributed by atoms with Crippen LogP contribution in [0.5, 0.6) is 0 Å². The number of amides is 2. The second-order valence-corrected chi connectivity index (χ2v) is 11.5. The molecule has 1 fully saturated rings. The number of fused-ring (bicyclic) bond motifs is 1. The zero-order valence-electron chi connectivity index (χ0n) is 21.2. The number of carbonyl (C=O) groups is 3. The molecule has 2 amide bonds. The molecule has 13 nitrogen and oxygen atoms in total. The van der Waals surface area contributed by atoms with E-state index in [1.165, 1.54) is 22.7 Å². The van der Waals surface area contributed by atoms with E-state index < -0.39 is 33.9 Å². The first kappa shape index (κ1) is 27.5. The molecule has 4 heterocycles. The number of anilines is 1. The zero-order valence-corrected chi connectivity index (χ0v) is 22.0. The van der Waals surface area contributed by atoms with E-state index in [1.54, 1.807) is 7.05 Å². The highest BCUT2D eigenvalue weighted by molar-refractivity contribution is 7.89. The van der Waals surface area contributed by atoms with Crippen LogP contribution in [0.1, 0.15) is 36.9 Å². The quantitative estimate of drug-likeness (QED) is 0.264. The number of carboxylic acid groups (broad SMARTS) is 1. The predicted octanol–water partition coefficient (Wildman–Crippen LogP) is -0.108. The molecule has 0 saturated carbocycles. The molecule has 2 aromatic rings. The Kier molecular flexibility index (Phi) is 8.62. The van der Waals surface area contributed by atoms with Gasteiger partial charge in [-0.25, -0.2) is 23.2 Å². The van der Waals surface area contributed by atoms with Gasteiger partial charge in [0.25, 0.3) is 10.0 Å². The van der Waals surface area contributed by atoms with E-state index in [4.69, 9.17) is 0 Å². The van der Waals surface area contributed by atoms with Gasteiger partial charge >= 0.3 is 5.97 Å². The van der Waals surface area contributed by atoms with Gasteiger partial charge in [0.15, 0.2) is 5.03 Å². The molecule has 1 saturated heterocycles. The molecule has 2 aromatic heterocycles. The lowest BCUT2D eigenvalue weighted by Gasteiger charge is -2.36. The summed E-state index contributed by atoms with van der Waals surface area (Å²) in [6, 6.07) is 2.79. The number of unbranched alkanes of at least 4 members (excludes halogenated alkanes) is 1. The zero-order chi connectivity index (χ0) is 27.3. The molecular formula is C24H33N7O6S. The maximum absolute atomic E-state index is 12.5. The smallest absolute Gasteiger partial charge is 0.328 e. The molecule has 4 rings (SSSR count). The molecule has 0 aromatic carbocycles. The van der Waals surface area contributed by atoms with Crippen LogP contribution in [0.25, 0.3) is 0 Å². The molecular weight excluding hydrogens is 514 g/mol. The number of aromatic nitrogens is 3. The molecule has 1 unspecified atom stereocenters. The van der Waals surface area contributed by atoms with Crippen molar-refractivity contribution in [3.8, 4) is 0 Å². The minimum absolute atomic E-state index is 0.0709. The highest BCUT2D eigenvalue weighted by Gasteiger charge is 2.42. The summed E-state index contributed by atoms with van der Waals surface area (Å²) in [5.41, 5.74) is 2.19. The fraction of sp³-hybridized carbons (Fsp3) is 0.542. The molecule has 0 spiro atoms. The molecule has 0 bridgehead atoms. The Labute approximate surface area is 221 Å². The van der Waals surface area contributed by atoms with Gasteiger partial charge in [0.2, 0.25) is 11.8 Å². The summed E-state index contributed by atoms with van der Waals surface area (Å²) in [6.45, 7) is 0.520. The van der Waals surface area contributed by atoms with Crippen LogP contribution in [0.4, 0.5) is 5.82 Å². The van der Waals surface area contributed by atoms with Crippen LogP contribution in [0.3, 0.4) is 0 Å². The van der Waals surface area contributed by atoms with Crippen molar-refractivity contribution in [1.29, 1.82) is 0 Å². The lowest BCUT2D eigenvalue weighted by Crippen LogP contribution is -2.58. The molecule has 206 valence electrons. The average molecular weight is 548 g/mol. The van der Waals surface area contributed by atoms with Gasteiger partial charge in [-0.1, -0.05) is 6.07 Å². The van der Waals surface area contributed by atoms with E-state index in [2.05, 4.69) is 32.0 Å². The Balaban J connectivity index is 1.15. The van der Waals surface area contributed by atoms with Gasteiger partial charge < -0.3 is 25.6 Å². The topological polar surface area (TPSA) is 176 Å². The van der Waals surface area contributed by atoms with Gasteiger partial charge in [-0.2, -0.15) is 4.31 Å². The number of carboxylic acids is 1.